The quantitative estimate of drug-likeness (QED) is 0.746. The third kappa shape index (κ3) is 4.72. The molecule has 2 N–H and O–H groups in total. The molecule has 1 fully saturated rings. The second kappa shape index (κ2) is 7.62. The van der Waals surface area contributed by atoms with E-state index in [1.807, 2.05) is 20.8 Å². The number of rotatable bonds is 7. The van der Waals surface area contributed by atoms with E-state index >= 15 is 0 Å². The first-order valence-electron chi connectivity index (χ1n) is 7.64. The molecule has 0 radical (unpaired) electrons. The van der Waals surface area contributed by atoms with Crippen molar-refractivity contribution in [3.8, 4) is 0 Å². The zero-order chi connectivity index (χ0) is 16.1. The second-order valence-corrected chi connectivity index (χ2v) is 6.74. The van der Waals surface area contributed by atoms with Crippen LogP contribution in [0.3, 0.4) is 0 Å². The van der Waals surface area contributed by atoms with Crippen LogP contribution in [0.1, 0.15) is 45.4 Å². The lowest BCUT2D eigenvalue weighted by molar-refractivity contribution is -0.117. The minimum Gasteiger partial charge on any atom is -0.338 e. The summed E-state index contributed by atoms with van der Waals surface area (Å²) in [6.45, 7) is 7.36. The lowest BCUT2D eigenvalue weighted by Gasteiger charge is -2.09. The molecule has 1 saturated carbocycles. The number of carbonyl (C=O) groups is 2. The highest BCUT2D eigenvalue weighted by molar-refractivity contribution is 7.99. The van der Waals surface area contributed by atoms with Crippen molar-refractivity contribution >= 4 is 23.7 Å². The first-order chi connectivity index (χ1) is 10.5. The maximum absolute atomic E-state index is 11.8. The Morgan fingerprint density at radius 1 is 1.36 bits per heavy atom. The van der Waals surface area contributed by atoms with E-state index in [0.717, 1.165) is 17.5 Å². The standard InChI is InChI=1S/C14H23N5O2S/c1-4-19-12(10-5-6-10)17-18-14(19)22-8-11(20)16-13(21)15-7-9(2)3/h9-10H,4-8H2,1-3H3,(H2,15,16,20,21). The fourth-order valence-electron chi connectivity index (χ4n) is 1.98. The number of nitrogens with zero attached hydrogens (tertiary/aromatic N) is 3. The normalized spacial score (nSPS) is 14.2. The average molecular weight is 325 g/mol. The van der Waals surface area contributed by atoms with Crippen LogP contribution in [-0.4, -0.2) is 39.0 Å². The lowest BCUT2D eigenvalue weighted by Crippen LogP contribution is -2.41. The fraction of sp³-hybridized carbons (Fsp3) is 0.714. The Kier molecular flexibility index (Phi) is 5.82. The van der Waals surface area contributed by atoms with Gasteiger partial charge in [-0.05, 0) is 25.7 Å². The Labute approximate surface area is 134 Å². The average Bonchev–Trinajstić information content (AvgIpc) is 3.23. The molecule has 7 nitrogen and oxygen atoms in total. The fourth-order valence-corrected chi connectivity index (χ4v) is 2.79. The second-order valence-electron chi connectivity index (χ2n) is 5.80. The first kappa shape index (κ1) is 16.8. The van der Waals surface area contributed by atoms with Crippen LogP contribution >= 0.6 is 11.8 Å². The number of nitrogens with one attached hydrogen (secondary N) is 2. The van der Waals surface area contributed by atoms with Gasteiger partial charge in [0.15, 0.2) is 5.16 Å². The van der Waals surface area contributed by atoms with Crippen molar-refractivity contribution < 1.29 is 9.59 Å². The number of hydrogen-bond donors (Lipinski definition) is 2. The van der Waals surface area contributed by atoms with Gasteiger partial charge in [0.05, 0.1) is 5.75 Å². The topological polar surface area (TPSA) is 88.9 Å². The monoisotopic (exact) mass is 325 g/mol. The van der Waals surface area contributed by atoms with Crippen LogP contribution in [-0.2, 0) is 11.3 Å². The molecule has 1 aromatic rings. The molecule has 0 unspecified atom stereocenters. The Balaban J connectivity index is 1.80. The molecule has 1 aliphatic carbocycles. The van der Waals surface area contributed by atoms with Gasteiger partial charge in [0.2, 0.25) is 5.91 Å². The molecule has 22 heavy (non-hydrogen) atoms. The maximum Gasteiger partial charge on any atom is 0.321 e. The molecular formula is C14H23N5O2S. The molecule has 1 aliphatic rings. The summed E-state index contributed by atoms with van der Waals surface area (Å²) in [5.74, 6) is 1.71. The summed E-state index contributed by atoms with van der Waals surface area (Å²) in [6.07, 6.45) is 2.33. The van der Waals surface area contributed by atoms with E-state index in [1.54, 1.807) is 0 Å². The lowest BCUT2D eigenvalue weighted by atomic mass is 10.2. The molecule has 8 heteroatoms. The Morgan fingerprint density at radius 3 is 2.68 bits per heavy atom. The molecule has 0 aliphatic heterocycles. The van der Waals surface area contributed by atoms with Gasteiger partial charge >= 0.3 is 6.03 Å². The van der Waals surface area contributed by atoms with Crippen LogP contribution in [0, 0.1) is 5.92 Å². The van der Waals surface area contributed by atoms with Crippen molar-refractivity contribution in [2.45, 2.75) is 51.2 Å². The Bertz CT molecular complexity index is 539. The van der Waals surface area contributed by atoms with Crippen molar-refractivity contribution in [1.29, 1.82) is 0 Å². The molecule has 122 valence electrons. The number of thioether (sulfide) groups is 1. The molecule has 2 rings (SSSR count). The highest BCUT2D eigenvalue weighted by atomic mass is 32.2. The minimum atomic E-state index is -0.449. The molecule has 0 atom stereocenters. The molecular weight excluding hydrogens is 302 g/mol. The van der Waals surface area contributed by atoms with Gasteiger partial charge in [-0.3, -0.25) is 10.1 Å². The molecule has 0 saturated heterocycles. The number of amides is 3. The molecule has 0 bridgehead atoms. The Hall–Kier alpha value is -1.57. The first-order valence-corrected chi connectivity index (χ1v) is 8.63. The van der Waals surface area contributed by atoms with Crippen LogP contribution in [0.25, 0.3) is 0 Å². The number of aromatic nitrogens is 3. The van der Waals surface area contributed by atoms with Crippen LogP contribution < -0.4 is 10.6 Å². The summed E-state index contributed by atoms with van der Waals surface area (Å²) in [7, 11) is 0. The Morgan fingerprint density at radius 2 is 2.09 bits per heavy atom. The van der Waals surface area contributed by atoms with E-state index < -0.39 is 6.03 Å². The van der Waals surface area contributed by atoms with E-state index in [2.05, 4.69) is 25.4 Å². The molecule has 0 spiro atoms. The van der Waals surface area contributed by atoms with Gasteiger partial charge in [-0.25, -0.2) is 4.79 Å². The van der Waals surface area contributed by atoms with Gasteiger partial charge in [-0.1, -0.05) is 25.6 Å². The number of urea groups is 1. The van der Waals surface area contributed by atoms with E-state index in [-0.39, 0.29) is 11.7 Å². The zero-order valence-corrected chi connectivity index (χ0v) is 14.1. The van der Waals surface area contributed by atoms with Crippen molar-refractivity contribution in [1.82, 2.24) is 25.4 Å². The summed E-state index contributed by atoms with van der Waals surface area (Å²) in [5, 5.41) is 14.1. The van der Waals surface area contributed by atoms with Crippen LogP contribution in [0.15, 0.2) is 5.16 Å². The van der Waals surface area contributed by atoms with Crippen molar-refractivity contribution in [2.75, 3.05) is 12.3 Å². The van der Waals surface area contributed by atoms with Gasteiger partial charge in [0, 0.05) is 19.0 Å². The van der Waals surface area contributed by atoms with E-state index in [0.29, 0.717) is 18.4 Å². The third-order valence-electron chi connectivity index (χ3n) is 3.26. The highest BCUT2D eigenvalue weighted by Crippen LogP contribution is 2.39. The van der Waals surface area contributed by atoms with Crippen molar-refractivity contribution in [2.24, 2.45) is 5.92 Å². The van der Waals surface area contributed by atoms with E-state index in [4.69, 9.17) is 0 Å². The van der Waals surface area contributed by atoms with Gasteiger partial charge in [-0.2, -0.15) is 0 Å². The summed E-state index contributed by atoms with van der Waals surface area (Å²) in [6, 6.07) is -0.449. The summed E-state index contributed by atoms with van der Waals surface area (Å²) in [5.41, 5.74) is 0. The van der Waals surface area contributed by atoms with Gasteiger partial charge in [0.25, 0.3) is 0 Å². The third-order valence-corrected chi connectivity index (χ3v) is 4.23. The number of imide groups is 1. The van der Waals surface area contributed by atoms with Gasteiger partial charge < -0.3 is 9.88 Å². The SMILES string of the molecule is CCn1c(SCC(=O)NC(=O)NCC(C)C)nnc1C1CC1. The molecule has 1 heterocycles. The minimum absolute atomic E-state index is 0.151. The van der Waals surface area contributed by atoms with Crippen molar-refractivity contribution in [3.05, 3.63) is 5.82 Å². The van der Waals surface area contributed by atoms with Gasteiger partial charge in [-0.15, -0.1) is 10.2 Å². The smallest absolute Gasteiger partial charge is 0.321 e. The van der Waals surface area contributed by atoms with E-state index in [1.165, 1.54) is 24.6 Å². The molecule has 0 aromatic carbocycles. The zero-order valence-electron chi connectivity index (χ0n) is 13.3. The van der Waals surface area contributed by atoms with Gasteiger partial charge in [0.1, 0.15) is 5.82 Å². The van der Waals surface area contributed by atoms with Crippen LogP contribution in [0.4, 0.5) is 4.79 Å². The molecule has 1 aromatic heterocycles. The van der Waals surface area contributed by atoms with Crippen LogP contribution in [0.2, 0.25) is 0 Å². The summed E-state index contributed by atoms with van der Waals surface area (Å²) >= 11 is 1.31. The van der Waals surface area contributed by atoms with Crippen molar-refractivity contribution in [3.63, 3.8) is 0 Å². The van der Waals surface area contributed by atoms with E-state index in [9.17, 15) is 9.59 Å². The highest BCUT2D eigenvalue weighted by Gasteiger charge is 2.30. The summed E-state index contributed by atoms with van der Waals surface area (Å²) in [4.78, 5) is 23.3. The predicted octanol–water partition coefficient (Wildman–Crippen LogP) is 1.75. The largest absolute Gasteiger partial charge is 0.338 e. The number of hydrogen-bond acceptors (Lipinski definition) is 5. The maximum atomic E-state index is 11.8. The number of carbonyl (C=O) groups excluding carboxylic acids is 2. The van der Waals surface area contributed by atoms with Crippen LogP contribution in [0.5, 0.6) is 0 Å². The predicted molar refractivity (Wildman–Crippen MR) is 84.8 cm³/mol. The molecule has 3 amide bonds. The summed E-state index contributed by atoms with van der Waals surface area (Å²) < 4.78 is 2.05.